The van der Waals surface area contributed by atoms with Crippen LogP contribution in [0.3, 0.4) is 0 Å². The summed E-state index contributed by atoms with van der Waals surface area (Å²) < 4.78 is 5.05. The third-order valence-electron chi connectivity index (χ3n) is 2.35. The number of rotatable bonds is 7. The van der Waals surface area contributed by atoms with Crippen LogP contribution in [-0.4, -0.2) is 51.8 Å². The maximum Gasteiger partial charge on any atom is 0.333 e. The molecule has 0 aromatic carbocycles. The molecule has 6 heteroatoms. The van der Waals surface area contributed by atoms with Crippen molar-refractivity contribution in [3.63, 3.8) is 0 Å². The molecule has 0 bridgehead atoms. The Bertz CT molecular complexity index is 275. The summed E-state index contributed by atoms with van der Waals surface area (Å²) >= 11 is 10.3. The molecule has 0 aromatic rings. The molecule has 1 aliphatic heterocycles. The third kappa shape index (κ3) is 6.68. The Kier molecular flexibility index (Phi) is 8.80. The molecule has 18 heavy (non-hydrogen) atoms. The van der Waals surface area contributed by atoms with Gasteiger partial charge < -0.3 is 4.74 Å². The Labute approximate surface area is 128 Å². The Morgan fingerprint density at radius 2 is 2.11 bits per heavy atom. The molecule has 2 nitrogen and oxygen atoms in total. The van der Waals surface area contributed by atoms with Gasteiger partial charge in [-0.05, 0) is 6.92 Å². The van der Waals surface area contributed by atoms with Gasteiger partial charge in [0.2, 0.25) is 0 Å². The standard InChI is InChI=1S/C12H20O2S4/c1-9(2)12(13)14-3-4-16-6-11-8-17-10(5-15)7-18-11/h10-11,15H,1,3-8H2,2H3. The minimum absolute atomic E-state index is 0.283. The van der Waals surface area contributed by atoms with Crippen LogP contribution in [0.5, 0.6) is 0 Å². The predicted molar refractivity (Wildman–Crippen MR) is 89.4 cm³/mol. The zero-order chi connectivity index (χ0) is 13.4. The lowest BCUT2D eigenvalue weighted by Crippen LogP contribution is -2.24. The number of ether oxygens (including phenoxy) is 1. The quantitative estimate of drug-likeness (QED) is 0.336. The number of hydrogen-bond acceptors (Lipinski definition) is 6. The molecular formula is C12H20O2S4. The maximum absolute atomic E-state index is 11.1. The zero-order valence-corrected chi connectivity index (χ0v) is 13.9. The molecule has 1 saturated heterocycles. The lowest BCUT2D eigenvalue weighted by atomic mass is 10.4. The molecule has 0 aliphatic carbocycles. The summed E-state index contributed by atoms with van der Waals surface area (Å²) in [5.74, 6) is 5.14. The van der Waals surface area contributed by atoms with Crippen molar-refractivity contribution < 1.29 is 9.53 Å². The van der Waals surface area contributed by atoms with Crippen molar-refractivity contribution in [1.82, 2.24) is 0 Å². The van der Waals surface area contributed by atoms with E-state index >= 15 is 0 Å². The Morgan fingerprint density at radius 1 is 1.44 bits per heavy atom. The number of hydrogen-bond donors (Lipinski definition) is 1. The van der Waals surface area contributed by atoms with E-state index in [-0.39, 0.29) is 5.97 Å². The SMILES string of the molecule is C=C(C)C(=O)OCCSCC1CSC(CS)CS1. The molecule has 0 spiro atoms. The fourth-order valence-corrected chi connectivity index (χ4v) is 6.06. The van der Waals surface area contributed by atoms with Crippen LogP contribution in [0.2, 0.25) is 0 Å². The second-order valence-electron chi connectivity index (χ2n) is 4.08. The van der Waals surface area contributed by atoms with Gasteiger partial charge in [0.05, 0.1) is 0 Å². The van der Waals surface area contributed by atoms with Gasteiger partial charge in [-0.2, -0.15) is 47.9 Å². The number of thioether (sulfide) groups is 3. The first-order valence-corrected chi connectivity index (χ1v) is 9.76. The molecule has 1 rings (SSSR count). The summed E-state index contributed by atoms with van der Waals surface area (Å²) in [7, 11) is 0. The van der Waals surface area contributed by atoms with Crippen molar-refractivity contribution in [1.29, 1.82) is 0 Å². The molecule has 0 amide bonds. The van der Waals surface area contributed by atoms with Crippen molar-refractivity contribution in [2.75, 3.05) is 35.4 Å². The van der Waals surface area contributed by atoms with E-state index in [1.165, 1.54) is 11.5 Å². The van der Waals surface area contributed by atoms with Gasteiger partial charge in [0, 0.05) is 44.8 Å². The fraction of sp³-hybridized carbons (Fsp3) is 0.750. The zero-order valence-electron chi connectivity index (χ0n) is 10.6. The predicted octanol–water partition coefficient (Wildman–Crippen LogP) is 2.99. The largest absolute Gasteiger partial charge is 0.461 e. The molecule has 1 aliphatic rings. The van der Waals surface area contributed by atoms with Crippen LogP contribution >= 0.6 is 47.9 Å². The van der Waals surface area contributed by atoms with Crippen molar-refractivity contribution in [3.05, 3.63) is 12.2 Å². The van der Waals surface area contributed by atoms with Gasteiger partial charge in [-0.15, -0.1) is 0 Å². The highest BCUT2D eigenvalue weighted by molar-refractivity contribution is 8.08. The maximum atomic E-state index is 11.1. The average Bonchev–Trinajstić information content (AvgIpc) is 2.38. The summed E-state index contributed by atoms with van der Waals surface area (Å²) in [6, 6.07) is 0. The van der Waals surface area contributed by atoms with E-state index in [1.54, 1.807) is 6.92 Å². The Balaban J connectivity index is 1.99. The molecule has 0 saturated carbocycles. The molecule has 2 atom stereocenters. The van der Waals surface area contributed by atoms with Crippen LogP contribution in [-0.2, 0) is 9.53 Å². The van der Waals surface area contributed by atoms with E-state index in [2.05, 4.69) is 31.0 Å². The van der Waals surface area contributed by atoms with E-state index < -0.39 is 0 Å². The summed E-state index contributed by atoms with van der Waals surface area (Å²) in [5.41, 5.74) is 0.469. The first-order chi connectivity index (χ1) is 8.63. The average molecular weight is 325 g/mol. The Hall–Kier alpha value is 0.610. The highest BCUT2D eigenvalue weighted by atomic mass is 32.2. The van der Waals surface area contributed by atoms with Gasteiger partial charge in [0.15, 0.2) is 0 Å². The van der Waals surface area contributed by atoms with E-state index in [0.717, 1.165) is 27.8 Å². The van der Waals surface area contributed by atoms with Gasteiger partial charge in [-0.3, -0.25) is 0 Å². The van der Waals surface area contributed by atoms with Gasteiger partial charge in [0.1, 0.15) is 6.61 Å². The van der Waals surface area contributed by atoms with Crippen LogP contribution < -0.4 is 0 Å². The van der Waals surface area contributed by atoms with Crippen molar-refractivity contribution in [2.24, 2.45) is 0 Å². The van der Waals surface area contributed by atoms with E-state index in [1.807, 2.05) is 23.5 Å². The van der Waals surface area contributed by atoms with Gasteiger partial charge in [-0.25, -0.2) is 4.79 Å². The number of thiol groups is 1. The van der Waals surface area contributed by atoms with Crippen LogP contribution in [0, 0.1) is 0 Å². The van der Waals surface area contributed by atoms with Crippen LogP contribution in [0.25, 0.3) is 0 Å². The second-order valence-corrected chi connectivity index (χ2v) is 8.27. The van der Waals surface area contributed by atoms with E-state index in [4.69, 9.17) is 4.74 Å². The molecule has 0 aromatic heterocycles. The monoisotopic (exact) mass is 324 g/mol. The number of esters is 1. The first kappa shape index (κ1) is 16.7. The lowest BCUT2D eigenvalue weighted by molar-refractivity contribution is -0.138. The van der Waals surface area contributed by atoms with Crippen LogP contribution in [0.1, 0.15) is 6.92 Å². The first-order valence-electron chi connectivity index (χ1n) is 5.88. The molecule has 104 valence electrons. The van der Waals surface area contributed by atoms with Crippen molar-refractivity contribution in [2.45, 2.75) is 17.4 Å². The second kappa shape index (κ2) is 9.50. The van der Waals surface area contributed by atoms with Crippen molar-refractivity contribution >= 4 is 53.9 Å². The summed E-state index contributed by atoms with van der Waals surface area (Å²) in [4.78, 5) is 11.1. The molecule has 1 fully saturated rings. The summed E-state index contributed by atoms with van der Waals surface area (Å²) in [6.45, 7) is 5.70. The normalized spacial score (nSPS) is 23.7. The van der Waals surface area contributed by atoms with E-state index in [0.29, 0.717) is 12.2 Å². The summed E-state index contributed by atoms with van der Waals surface area (Å²) in [6.07, 6.45) is 0. The van der Waals surface area contributed by atoms with Crippen molar-refractivity contribution in [3.8, 4) is 0 Å². The van der Waals surface area contributed by atoms with Crippen LogP contribution in [0.15, 0.2) is 12.2 Å². The molecule has 0 radical (unpaired) electrons. The minimum atomic E-state index is -0.283. The minimum Gasteiger partial charge on any atom is -0.461 e. The Morgan fingerprint density at radius 3 is 2.67 bits per heavy atom. The number of carbonyl (C=O) groups excluding carboxylic acids is 1. The number of carbonyl (C=O) groups is 1. The fourth-order valence-electron chi connectivity index (χ4n) is 1.32. The van der Waals surface area contributed by atoms with Gasteiger partial charge in [0.25, 0.3) is 0 Å². The molecule has 0 N–H and O–H groups in total. The summed E-state index contributed by atoms with van der Waals surface area (Å²) in [5, 5.41) is 1.45. The lowest BCUT2D eigenvalue weighted by Gasteiger charge is -2.26. The third-order valence-corrected chi connectivity index (χ3v) is 7.57. The van der Waals surface area contributed by atoms with Gasteiger partial charge in [-0.1, -0.05) is 6.58 Å². The smallest absolute Gasteiger partial charge is 0.333 e. The van der Waals surface area contributed by atoms with Crippen LogP contribution in [0.4, 0.5) is 0 Å². The van der Waals surface area contributed by atoms with Gasteiger partial charge >= 0.3 is 5.97 Å². The molecule has 2 unspecified atom stereocenters. The van der Waals surface area contributed by atoms with E-state index in [9.17, 15) is 4.79 Å². The highest BCUT2D eigenvalue weighted by Gasteiger charge is 2.20. The molecule has 1 heterocycles. The molecular weight excluding hydrogens is 304 g/mol. The topological polar surface area (TPSA) is 26.3 Å². The highest BCUT2D eigenvalue weighted by Crippen LogP contribution is 2.32.